The van der Waals surface area contributed by atoms with Crippen molar-refractivity contribution in [1.82, 2.24) is 15.6 Å². The lowest BCUT2D eigenvalue weighted by Gasteiger charge is -2.06. The molecular weight excluding hydrogens is 304 g/mol. The average molecular weight is 322 g/mol. The minimum Gasteiger partial charge on any atom is -0.375 e. The maximum Gasteiger partial charge on any atom is 0.261 e. The molecule has 112 valence electrons. The van der Waals surface area contributed by atoms with E-state index in [0.29, 0.717) is 24.1 Å². The lowest BCUT2D eigenvalue weighted by Crippen LogP contribution is -2.24. The summed E-state index contributed by atoms with van der Waals surface area (Å²) in [4.78, 5) is 18.3. The standard InChI is InChI=1S/C14H18N4OS2/c15-14-18-9(8-20-14)5-7-17-13(19)12-4-3-11(21-12)10-2-1-6-16-10/h3-4,8,10,16H,1-2,5-7H2,(H2,15,18)(H,17,19)/t10-/m0/s1. The van der Waals surface area contributed by atoms with Gasteiger partial charge in [0.2, 0.25) is 0 Å². The van der Waals surface area contributed by atoms with Crippen LogP contribution in [-0.4, -0.2) is 24.0 Å². The van der Waals surface area contributed by atoms with Crippen LogP contribution in [0.2, 0.25) is 0 Å². The van der Waals surface area contributed by atoms with Crippen LogP contribution >= 0.6 is 22.7 Å². The average Bonchev–Trinajstić information content (AvgIpc) is 3.19. The fraction of sp³-hybridized carbons (Fsp3) is 0.429. The van der Waals surface area contributed by atoms with Crippen LogP contribution < -0.4 is 16.4 Å². The van der Waals surface area contributed by atoms with Gasteiger partial charge in [-0.1, -0.05) is 0 Å². The van der Waals surface area contributed by atoms with Crippen LogP contribution in [0.25, 0.3) is 0 Å². The first-order chi connectivity index (χ1) is 10.2. The number of anilines is 1. The zero-order chi connectivity index (χ0) is 14.7. The van der Waals surface area contributed by atoms with E-state index in [9.17, 15) is 4.79 Å². The van der Waals surface area contributed by atoms with Gasteiger partial charge in [0, 0.05) is 29.3 Å². The summed E-state index contributed by atoms with van der Waals surface area (Å²) in [7, 11) is 0. The van der Waals surface area contributed by atoms with Crippen LogP contribution in [0.3, 0.4) is 0 Å². The fourth-order valence-corrected chi connectivity index (χ4v) is 4.05. The third kappa shape index (κ3) is 3.61. The van der Waals surface area contributed by atoms with Crippen LogP contribution in [0, 0.1) is 0 Å². The SMILES string of the molecule is Nc1nc(CCNC(=O)c2ccc([C@@H]3CCCN3)s2)cs1. The second-order valence-corrected chi connectivity index (χ2v) is 7.04. The molecule has 21 heavy (non-hydrogen) atoms. The Labute approximate surface area is 131 Å². The maximum absolute atomic E-state index is 12.1. The van der Waals surface area contributed by atoms with Gasteiger partial charge in [-0.2, -0.15) is 0 Å². The molecule has 0 unspecified atom stereocenters. The number of hydrogen-bond donors (Lipinski definition) is 3. The lowest BCUT2D eigenvalue weighted by molar-refractivity contribution is 0.0958. The Morgan fingerprint density at radius 1 is 1.52 bits per heavy atom. The summed E-state index contributed by atoms with van der Waals surface area (Å²) in [5, 5.41) is 8.89. The van der Waals surface area contributed by atoms with Gasteiger partial charge >= 0.3 is 0 Å². The molecule has 1 aliphatic heterocycles. The number of aromatic nitrogens is 1. The summed E-state index contributed by atoms with van der Waals surface area (Å²) >= 11 is 3.01. The first-order valence-corrected chi connectivity index (χ1v) is 8.73. The van der Waals surface area contributed by atoms with Crippen molar-refractivity contribution in [3.8, 4) is 0 Å². The monoisotopic (exact) mass is 322 g/mol. The third-order valence-electron chi connectivity index (χ3n) is 3.49. The normalized spacial score (nSPS) is 18.0. The molecule has 4 N–H and O–H groups in total. The number of nitrogen functional groups attached to an aromatic ring is 1. The first kappa shape index (κ1) is 14.5. The molecule has 1 saturated heterocycles. The van der Waals surface area contributed by atoms with Crippen LogP contribution in [0.15, 0.2) is 17.5 Å². The number of carbonyl (C=O) groups excluding carboxylic acids is 1. The van der Waals surface area contributed by atoms with Crippen LogP contribution in [0.5, 0.6) is 0 Å². The van der Waals surface area contributed by atoms with Crippen LogP contribution in [-0.2, 0) is 6.42 Å². The molecule has 7 heteroatoms. The van der Waals surface area contributed by atoms with E-state index in [4.69, 9.17) is 5.73 Å². The van der Waals surface area contributed by atoms with Gasteiger partial charge in [-0.15, -0.1) is 22.7 Å². The molecule has 3 rings (SSSR count). The summed E-state index contributed by atoms with van der Waals surface area (Å²) in [5.41, 5.74) is 6.51. The van der Waals surface area contributed by atoms with E-state index < -0.39 is 0 Å². The Kier molecular flexibility index (Phi) is 4.52. The number of rotatable bonds is 5. The number of carbonyl (C=O) groups is 1. The zero-order valence-corrected chi connectivity index (χ0v) is 13.2. The molecule has 2 aromatic heterocycles. The molecule has 5 nitrogen and oxygen atoms in total. The van der Waals surface area contributed by atoms with E-state index in [2.05, 4.69) is 21.7 Å². The van der Waals surface area contributed by atoms with E-state index in [-0.39, 0.29) is 5.91 Å². The van der Waals surface area contributed by atoms with Crippen molar-refractivity contribution in [3.63, 3.8) is 0 Å². The second kappa shape index (κ2) is 6.55. The highest BCUT2D eigenvalue weighted by atomic mass is 32.1. The van der Waals surface area contributed by atoms with Crippen molar-refractivity contribution < 1.29 is 4.79 Å². The Morgan fingerprint density at radius 2 is 2.43 bits per heavy atom. The highest BCUT2D eigenvalue weighted by Crippen LogP contribution is 2.29. The molecule has 1 atom stereocenters. The van der Waals surface area contributed by atoms with Gasteiger partial charge in [0.25, 0.3) is 5.91 Å². The van der Waals surface area contributed by atoms with Gasteiger partial charge in [-0.25, -0.2) is 4.98 Å². The molecule has 0 bridgehead atoms. The van der Waals surface area contributed by atoms with Crippen molar-refractivity contribution in [1.29, 1.82) is 0 Å². The van der Waals surface area contributed by atoms with Crippen molar-refractivity contribution in [2.75, 3.05) is 18.8 Å². The minimum absolute atomic E-state index is 0.00699. The molecule has 1 fully saturated rings. The van der Waals surface area contributed by atoms with Gasteiger partial charge in [-0.3, -0.25) is 4.79 Å². The van der Waals surface area contributed by atoms with Gasteiger partial charge in [0.05, 0.1) is 10.6 Å². The topological polar surface area (TPSA) is 80.0 Å². The minimum atomic E-state index is -0.00699. The second-order valence-electron chi connectivity index (χ2n) is 5.03. The Balaban J connectivity index is 1.50. The molecule has 2 aromatic rings. The fourth-order valence-electron chi connectivity index (χ4n) is 2.42. The molecule has 0 saturated carbocycles. The van der Waals surface area contributed by atoms with E-state index >= 15 is 0 Å². The highest BCUT2D eigenvalue weighted by molar-refractivity contribution is 7.14. The van der Waals surface area contributed by atoms with Crippen molar-refractivity contribution in [3.05, 3.63) is 33.0 Å². The lowest BCUT2D eigenvalue weighted by atomic mass is 10.2. The smallest absolute Gasteiger partial charge is 0.261 e. The predicted octanol–water partition coefficient (Wildman–Crippen LogP) is 2.18. The van der Waals surface area contributed by atoms with Gasteiger partial charge in [-0.05, 0) is 31.5 Å². The molecule has 0 aromatic carbocycles. The number of amides is 1. The Bertz CT molecular complexity index is 616. The highest BCUT2D eigenvalue weighted by Gasteiger charge is 2.19. The van der Waals surface area contributed by atoms with Crippen molar-refractivity contribution >= 4 is 33.7 Å². The molecule has 3 heterocycles. The maximum atomic E-state index is 12.1. The van der Waals surface area contributed by atoms with E-state index in [1.807, 2.05) is 11.4 Å². The summed E-state index contributed by atoms with van der Waals surface area (Å²) in [6, 6.07) is 4.40. The molecule has 0 radical (unpaired) electrons. The van der Waals surface area contributed by atoms with Crippen molar-refractivity contribution in [2.45, 2.75) is 25.3 Å². The molecule has 0 spiro atoms. The third-order valence-corrected chi connectivity index (χ3v) is 5.41. The molecule has 1 aliphatic rings. The van der Waals surface area contributed by atoms with Gasteiger partial charge in [0.1, 0.15) is 0 Å². The quantitative estimate of drug-likeness (QED) is 0.788. The summed E-state index contributed by atoms with van der Waals surface area (Å²) in [6.45, 7) is 1.65. The largest absolute Gasteiger partial charge is 0.375 e. The number of nitrogens with zero attached hydrogens (tertiary/aromatic N) is 1. The van der Waals surface area contributed by atoms with Crippen molar-refractivity contribution in [2.24, 2.45) is 0 Å². The zero-order valence-electron chi connectivity index (χ0n) is 11.6. The van der Waals surface area contributed by atoms with E-state index in [0.717, 1.165) is 23.5 Å². The Hall–Kier alpha value is -1.44. The number of thiophene rings is 1. The number of thiazole rings is 1. The molecule has 0 aliphatic carbocycles. The van der Waals surface area contributed by atoms with Crippen LogP contribution in [0.1, 0.15) is 39.1 Å². The Morgan fingerprint density at radius 3 is 3.14 bits per heavy atom. The molecule has 1 amide bonds. The summed E-state index contributed by atoms with van der Waals surface area (Å²) < 4.78 is 0. The summed E-state index contributed by atoms with van der Waals surface area (Å²) in [6.07, 6.45) is 3.08. The number of nitrogens with one attached hydrogen (secondary N) is 2. The predicted molar refractivity (Wildman–Crippen MR) is 86.9 cm³/mol. The van der Waals surface area contributed by atoms with Gasteiger partial charge in [0.15, 0.2) is 5.13 Å². The first-order valence-electron chi connectivity index (χ1n) is 7.03. The molecular formula is C14H18N4OS2. The number of nitrogens with two attached hydrogens (primary N) is 1. The van der Waals surface area contributed by atoms with Gasteiger partial charge < -0.3 is 16.4 Å². The van der Waals surface area contributed by atoms with Crippen LogP contribution in [0.4, 0.5) is 5.13 Å². The number of hydrogen-bond acceptors (Lipinski definition) is 6. The van der Waals surface area contributed by atoms with E-state index in [1.54, 1.807) is 11.3 Å². The summed E-state index contributed by atoms with van der Waals surface area (Å²) in [5.74, 6) is -0.00699. The van der Waals surface area contributed by atoms with E-state index in [1.165, 1.54) is 22.6 Å².